The highest BCUT2D eigenvalue weighted by molar-refractivity contribution is 5.92. The van der Waals surface area contributed by atoms with E-state index in [1.807, 2.05) is 0 Å². The van der Waals surface area contributed by atoms with E-state index in [1.165, 1.54) is 6.20 Å². The standard InChI is InChI=1S/C6H7N3O2/c1-3-2-8-4(5(7)10)6(11)9-3/h2H,1H3,(H2,7,10)(H,9,11). The molecule has 0 fully saturated rings. The summed E-state index contributed by atoms with van der Waals surface area (Å²) < 4.78 is 0. The molecule has 5 heteroatoms. The van der Waals surface area contributed by atoms with Gasteiger partial charge in [0.25, 0.3) is 5.91 Å². The normalized spacial score (nSPS) is 9.55. The van der Waals surface area contributed by atoms with Crippen molar-refractivity contribution in [2.75, 3.05) is 0 Å². The second-order valence-corrected chi connectivity index (χ2v) is 2.05. The minimum Gasteiger partial charge on any atom is -0.492 e. The number of amides is 1. The highest BCUT2D eigenvalue weighted by atomic mass is 16.3. The first-order valence-electron chi connectivity index (χ1n) is 2.93. The third-order valence-electron chi connectivity index (χ3n) is 1.11. The van der Waals surface area contributed by atoms with Crippen molar-refractivity contribution in [2.24, 2.45) is 5.73 Å². The van der Waals surface area contributed by atoms with E-state index in [2.05, 4.69) is 9.97 Å². The predicted molar refractivity (Wildman–Crippen MR) is 37.0 cm³/mol. The van der Waals surface area contributed by atoms with Crippen LogP contribution in [0, 0.1) is 6.92 Å². The van der Waals surface area contributed by atoms with Gasteiger partial charge in [-0.3, -0.25) is 4.79 Å². The Balaban J connectivity index is 3.20. The van der Waals surface area contributed by atoms with Gasteiger partial charge in [0, 0.05) is 6.20 Å². The number of carbonyl (C=O) groups is 1. The van der Waals surface area contributed by atoms with E-state index in [4.69, 9.17) is 10.8 Å². The molecule has 1 aromatic rings. The molecule has 0 aliphatic rings. The molecule has 0 aliphatic heterocycles. The topological polar surface area (TPSA) is 89.1 Å². The number of rotatable bonds is 1. The zero-order chi connectivity index (χ0) is 8.43. The van der Waals surface area contributed by atoms with Gasteiger partial charge in [0.05, 0.1) is 5.69 Å². The van der Waals surface area contributed by atoms with E-state index in [0.29, 0.717) is 5.69 Å². The molecule has 0 bridgehead atoms. The molecule has 0 unspecified atom stereocenters. The average molecular weight is 153 g/mol. The Bertz CT molecular complexity index is 298. The lowest BCUT2D eigenvalue weighted by molar-refractivity contribution is 0.0992. The molecular formula is C6H7N3O2. The Morgan fingerprint density at radius 1 is 1.73 bits per heavy atom. The fourth-order valence-electron chi connectivity index (χ4n) is 0.638. The summed E-state index contributed by atoms with van der Waals surface area (Å²) in [5.41, 5.74) is 5.20. The van der Waals surface area contributed by atoms with Crippen LogP contribution in [0.2, 0.25) is 0 Å². The number of nitrogens with two attached hydrogens (primary N) is 1. The summed E-state index contributed by atoms with van der Waals surface area (Å²) in [7, 11) is 0. The maximum absolute atomic E-state index is 10.5. The zero-order valence-electron chi connectivity index (χ0n) is 5.90. The van der Waals surface area contributed by atoms with Gasteiger partial charge in [-0.2, -0.15) is 0 Å². The number of aromatic nitrogens is 2. The van der Waals surface area contributed by atoms with Gasteiger partial charge in [-0.15, -0.1) is 0 Å². The van der Waals surface area contributed by atoms with Crippen LogP contribution in [0.5, 0.6) is 5.88 Å². The van der Waals surface area contributed by atoms with Crippen molar-refractivity contribution in [2.45, 2.75) is 6.92 Å². The maximum Gasteiger partial charge on any atom is 0.272 e. The number of hydrogen-bond acceptors (Lipinski definition) is 4. The fourth-order valence-corrected chi connectivity index (χ4v) is 0.638. The molecule has 5 nitrogen and oxygen atoms in total. The van der Waals surface area contributed by atoms with E-state index in [9.17, 15) is 4.79 Å². The zero-order valence-corrected chi connectivity index (χ0v) is 5.90. The molecule has 0 aromatic carbocycles. The fraction of sp³-hybridized carbons (Fsp3) is 0.167. The van der Waals surface area contributed by atoms with E-state index < -0.39 is 11.8 Å². The lowest BCUT2D eigenvalue weighted by Gasteiger charge is -1.97. The number of aryl methyl sites for hydroxylation is 1. The molecular weight excluding hydrogens is 146 g/mol. The third kappa shape index (κ3) is 1.43. The van der Waals surface area contributed by atoms with Crippen LogP contribution in [0.1, 0.15) is 16.2 Å². The van der Waals surface area contributed by atoms with Crippen molar-refractivity contribution >= 4 is 5.91 Å². The van der Waals surface area contributed by atoms with E-state index in [1.54, 1.807) is 6.92 Å². The van der Waals surface area contributed by atoms with Gasteiger partial charge < -0.3 is 10.8 Å². The predicted octanol–water partition coefficient (Wildman–Crippen LogP) is -0.410. The van der Waals surface area contributed by atoms with Crippen molar-refractivity contribution in [1.29, 1.82) is 0 Å². The second kappa shape index (κ2) is 2.53. The Kier molecular flexibility index (Phi) is 1.72. The highest BCUT2D eigenvalue weighted by Crippen LogP contribution is 2.08. The van der Waals surface area contributed by atoms with Gasteiger partial charge in [-0.1, -0.05) is 0 Å². The molecule has 58 valence electrons. The summed E-state index contributed by atoms with van der Waals surface area (Å²) in [4.78, 5) is 17.7. The van der Waals surface area contributed by atoms with Crippen molar-refractivity contribution in [3.63, 3.8) is 0 Å². The minimum atomic E-state index is -0.782. The van der Waals surface area contributed by atoms with Crippen molar-refractivity contribution in [3.8, 4) is 5.88 Å². The molecule has 0 spiro atoms. The number of carbonyl (C=O) groups excluding carboxylic acids is 1. The van der Waals surface area contributed by atoms with Crippen LogP contribution in [0.15, 0.2) is 6.20 Å². The maximum atomic E-state index is 10.5. The van der Waals surface area contributed by atoms with Gasteiger partial charge in [-0.25, -0.2) is 9.97 Å². The lowest BCUT2D eigenvalue weighted by Crippen LogP contribution is -2.13. The Labute approximate surface area is 62.9 Å². The summed E-state index contributed by atoms with van der Waals surface area (Å²) in [5.74, 6) is -1.20. The van der Waals surface area contributed by atoms with Crippen LogP contribution in [-0.4, -0.2) is 21.0 Å². The van der Waals surface area contributed by atoms with Crippen molar-refractivity contribution < 1.29 is 9.90 Å². The SMILES string of the molecule is Cc1cnc(C(N)=O)c(O)n1. The molecule has 1 rings (SSSR count). The van der Waals surface area contributed by atoms with Gasteiger partial charge in [0.1, 0.15) is 0 Å². The molecule has 3 N–H and O–H groups in total. The summed E-state index contributed by atoms with van der Waals surface area (Å²) >= 11 is 0. The van der Waals surface area contributed by atoms with E-state index >= 15 is 0 Å². The first-order valence-corrected chi connectivity index (χ1v) is 2.93. The molecule has 0 atom stereocenters. The Morgan fingerprint density at radius 3 is 2.82 bits per heavy atom. The Hall–Kier alpha value is -1.65. The largest absolute Gasteiger partial charge is 0.492 e. The number of primary amides is 1. The average Bonchev–Trinajstić information content (AvgIpc) is 1.85. The number of hydrogen-bond donors (Lipinski definition) is 2. The third-order valence-corrected chi connectivity index (χ3v) is 1.11. The number of nitrogens with zero attached hydrogens (tertiary/aromatic N) is 2. The van der Waals surface area contributed by atoms with Crippen LogP contribution in [-0.2, 0) is 0 Å². The quantitative estimate of drug-likeness (QED) is 0.573. The molecule has 1 heterocycles. The van der Waals surface area contributed by atoms with Crippen molar-refractivity contribution in [3.05, 3.63) is 17.6 Å². The number of aromatic hydroxyl groups is 1. The second-order valence-electron chi connectivity index (χ2n) is 2.05. The first kappa shape index (κ1) is 7.46. The monoisotopic (exact) mass is 153 g/mol. The van der Waals surface area contributed by atoms with Crippen molar-refractivity contribution in [1.82, 2.24) is 9.97 Å². The Morgan fingerprint density at radius 2 is 2.36 bits per heavy atom. The summed E-state index contributed by atoms with van der Waals surface area (Å²) in [6.45, 7) is 1.65. The molecule has 11 heavy (non-hydrogen) atoms. The van der Waals surface area contributed by atoms with Gasteiger partial charge in [0.15, 0.2) is 5.69 Å². The molecule has 0 aliphatic carbocycles. The van der Waals surface area contributed by atoms with Crippen LogP contribution >= 0.6 is 0 Å². The minimum absolute atomic E-state index is 0.199. The first-order chi connectivity index (χ1) is 5.11. The van der Waals surface area contributed by atoms with Crippen LogP contribution in [0.25, 0.3) is 0 Å². The van der Waals surface area contributed by atoms with Crippen LogP contribution < -0.4 is 5.73 Å². The smallest absolute Gasteiger partial charge is 0.272 e. The van der Waals surface area contributed by atoms with Crippen LogP contribution in [0.3, 0.4) is 0 Å². The van der Waals surface area contributed by atoms with E-state index in [0.717, 1.165) is 0 Å². The summed E-state index contributed by atoms with van der Waals surface area (Å²) in [5, 5.41) is 8.99. The van der Waals surface area contributed by atoms with Gasteiger partial charge in [0.2, 0.25) is 5.88 Å². The summed E-state index contributed by atoms with van der Waals surface area (Å²) in [6.07, 6.45) is 1.36. The van der Waals surface area contributed by atoms with E-state index in [-0.39, 0.29) is 5.69 Å². The molecule has 0 saturated carbocycles. The lowest BCUT2D eigenvalue weighted by atomic mass is 10.4. The molecule has 1 aromatic heterocycles. The molecule has 1 amide bonds. The molecule has 0 radical (unpaired) electrons. The molecule has 0 saturated heterocycles. The summed E-state index contributed by atoms with van der Waals surface area (Å²) in [6, 6.07) is 0. The van der Waals surface area contributed by atoms with Gasteiger partial charge >= 0.3 is 0 Å². The highest BCUT2D eigenvalue weighted by Gasteiger charge is 2.09. The van der Waals surface area contributed by atoms with Crippen LogP contribution in [0.4, 0.5) is 0 Å². The van der Waals surface area contributed by atoms with Gasteiger partial charge in [-0.05, 0) is 6.92 Å².